The molecule has 3 aromatic rings. The minimum atomic E-state index is -0.460. The number of hydrogen-bond donors (Lipinski definition) is 1. The number of rotatable bonds is 0. The fourth-order valence-electron chi connectivity index (χ4n) is 2.16. The van der Waals surface area contributed by atoms with Crippen LogP contribution in [-0.4, -0.2) is 6.03 Å². The lowest BCUT2D eigenvalue weighted by Gasteiger charge is -2.04. The van der Waals surface area contributed by atoms with E-state index in [1.807, 2.05) is 48.5 Å². The Kier molecular flexibility index (Phi) is 2.05. The summed E-state index contributed by atoms with van der Waals surface area (Å²) in [5.41, 5.74) is 7.13. The van der Waals surface area contributed by atoms with Gasteiger partial charge in [0.15, 0.2) is 0 Å². The van der Waals surface area contributed by atoms with Crippen molar-refractivity contribution in [3.63, 3.8) is 0 Å². The van der Waals surface area contributed by atoms with Gasteiger partial charge in [-0.2, -0.15) is 9.36 Å². The number of amides is 1. The number of aromatic nitrogens is 1. The summed E-state index contributed by atoms with van der Waals surface area (Å²) in [5.74, 6) is 0. The summed E-state index contributed by atoms with van der Waals surface area (Å²) in [6, 6.07) is 17.0. The first kappa shape index (κ1) is 9.78. The van der Waals surface area contributed by atoms with Gasteiger partial charge in [-0.25, -0.2) is 0 Å². The summed E-state index contributed by atoms with van der Waals surface area (Å²) in [4.78, 5) is 11.6. The molecule has 2 aromatic carbocycles. The molecule has 2 N–H and O–H groups in total. The van der Waals surface area contributed by atoms with E-state index in [0.29, 0.717) is 0 Å². The molecular weight excluding hydrogens is 212 g/mol. The molecule has 1 amide bonds. The summed E-state index contributed by atoms with van der Waals surface area (Å²) >= 11 is 0. The number of carbonyl (C=O) groups is 1. The first-order valence-corrected chi connectivity index (χ1v) is 5.40. The highest BCUT2D eigenvalue weighted by Crippen LogP contribution is 2.17. The molecule has 0 unspecified atom stereocenters. The lowest BCUT2D eigenvalue weighted by atomic mass is 10.1. The number of carbonyl (C=O) groups excluding carboxylic acids is 1. The SMILES string of the molecule is NC(=O)[n+]1c2ccccc2cc2ccccc21. The van der Waals surface area contributed by atoms with E-state index in [9.17, 15) is 4.79 Å². The van der Waals surface area contributed by atoms with Crippen LogP contribution in [0.15, 0.2) is 54.6 Å². The van der Waals surface area contributed by atoms with Crippen LogP contribution in [0.5, 0.6) is 0 Å². The van der Waals surface area contributed by atoms with Crippen molar-refractivity contribution in [3.05, 3.63) is 54.6 Å². The molecule has 0 atom stereocenters. The number of primary amides is 1. The zero-order valence-electron chi connectivity index (χ0n) is 9.13. The molecule has 0 aliphatic heterocycles. The molecular formula is C14H11N2O+. The van der Waals surface area contributed by atoms with Crippen LogP contribution in [0.25, 0.3) is 21.8 Å². The maximum Gasteiger partial charge on any atom is 0.494 e. The molecule has 0 aliphatic carbocycles. The molecule has 1 heterocycles. The Labute approximate surface area is 98.1 Å². The Bertz CT molecular complexity index is 680. The van der Waals surface area contributed by atoms with Gasteiger partial charge in [0.2, 0.25) is 0 Å². The van der Waals surface area contributed by atoms with Gasteiger partial charge in [0.05, 0.1) is 0 Å². The molecule has 1 aromatic heterocycles. The minimum absolute atomic E-state index is 0.460. The van der Waals surface area contributed by atoms with Gasteiger partial charge in [-0.05, 0) is 18.2 Å². The quantitative estimate of drug-likeness (QED) is 0.461. The molecule has 0 bridgehead atoms. The molecule has 0 saturated carbocycles. The predicted molar refractivity (Wildman–Crippen MR) is 66.6 cm³/mol. The van der Waals surface area contributed by atoms with Crippen LogP contribution in [0.1, 0.15) is 0 Å². The second kappa shape index (κ2) is 3.56. The van der Waals surface area contributed by atoms with Crippen LogP contribution in [-0.2, 0) is 0 Å². The van der Waals surface area contributed by atoms with E-state index in [0.717, 1.165) is 21.8 Å². The first-order chi connectivity index (χ1) is 8.27. The number of nitrogens with zero attached hydrogens (tertiary/aromatic N) is 1. The molecule has 0 spiro atoms. The van der Waals surface area contributed by atoms with Crippen molar-refractivity contribution in [2.45, 2.75) is 0 Å². The van der Waals surface area contributed by atoms with Crippen molar-refractivity contribution in [2.75, 3.05) is 0 Å². The van der Waals surface area contributed by atoms with Crippen LogP contribution in [0.2, 0.25) is 0 Å². The Balaban J connectivity index is 2.61. The summed E-state index contributed by atoms with van der Waals surface area (Å²) in [6.07, 6.45) is 0. The van der Waals surface area contributed by atoms with E-state index >= 15 is 0 Å². The third kappa shape index (κ3) is 1.44. The lowest BCUT2D eigenvalue weighted by molar-refractivity contribution is -0.511. The molecule has 0 saturated heterocycles. The topological polar surface area (TPSA) is 47.0 Å². The maximum atomic E-state index is 11.6. The van der Waals surface area contributed by atoms with E-state index in [1.54, 1.807) is 4.57 Å². The summed E-state index contributed by atoms with van der Waals surface area (Å²) in [7, 11) is 0. The van der Waals surface area contributed by atoms with Crippen LogP contribution in [0.4, 0.5) is 4.79 Å². The van der Waals surface area contributed by atoms with E-state index in [2.05, 4.69) is 6.07 Å². The predicted octanol–water partition coefficient (Wildman–Crippen LogP) is 2.21. The van der Waals surface area contributed by atoms with Gasteiger partial charge in [-0.15, -0.1) is 0 Å². The number of hydrogen-bond acceptors (Lipinski definition) is 1. The average Bonchev–Trinajstić information content (AvgIpc) is 2.35. The molecule has 0 fully saturated rings. The van der Waals surface area contributed by atoms with Crippen LogP contribution in [0, 0.1) is 0 Å². The third-order valence-electron chi connectivity index (χ3n) is 2.89. The fourth-order valence-corrected chi connectivity index (χ4v) is 2.16. The Hall–Kier alpha value is -2.42. The molecule has 3 heteroatoms. The second-order valence-electron chi connectivity index (χ2n) is 3.94. The smallest absolute Gasteiger partial charge is 0.250 e. The summed E-state index contributed by atoms with van der Waals surface area (Å²) < 4.78 is 1.55. The van der Waals surface area contributed by atoms with E-state index in [1.165, 1.54) is 0 Å². The average molecular weight is 223 g/mol. The Morgan fingerprint density at radius 1 is 0.882 bits per heavy atom. The lowest BCUT2D eigenvalue weighted by Crippen LogP contribution is -2.48. The molecule has 3 nitrogen and oxygen atoms in total. The maximum absolute atomic E-state index is 11.6. The zero-order chi connectivity index (χ0) is 11.8. The van der Waals surface area contributed by atoms with Gasteiger partial charge in [-0.3, -0.25) is 5.73 Å². The van der Waals surface area contributed by atoms with Gasteiger partial charge < -0.3 is 0 Å². The van der Waals surface area contributed by atoms with Crippen LogP contribution in [0.3, 0.4) is 0 Å². The Morgan fingerprint density at radius 3 is 1.82 bits per heavy atom. The van der Waals surface area contributed by atoms with Crippen molar-refractivity contribution in [1.82, 2.24) is 0 Å². The molecule has 17 heavy (non-hydrogen) atoms. The second-order valence-corrected chi connectivity index (χ2v) is 3.94. The van der Waals surface area contributed by atoms with Gasteiger partial charge >= 0.3 is 6.03 Å². The highest BCUT2D eigenvalue weighted by atomic mass is 16.2. The third-order valence-corrected chi connectivity index (χ3v) is 2.89. The Morgan fingerprint density at radius 2 is 1.35 bits per heavy atom. The van der Waals surface area contributed by atoms with Crippen LogP contribution < -0.4 is 10.3 Å². The van der Waals surface area contributed by atoms with Crippen molar-refractivity contribution < 1.29 is 9.36 Å². The fraction of sp³-hybridized carbons (Fsp3) is 0. The number of pyridine rings is 1. The van der Waals surface area contributed by atoms with Gasteiger partial charge in [-0.1, -0.05) is 36.4 Å². The highest BCUT2D eigenvalue weighted by Gasteiger charge is 2.15. The number of fused-ring (bicyclic) bond motifs is 2. The highest BCUT2D eigenvalue weighted by molar-refractivity contribution is 5.91. The van der Waals surface area contributed by atoms with E-state index in [-0.39, 0.29) is 0 Å². The van der Waals surface area contributed by atoms with E-state index < -0.39 is 6.03 Å². The number of benzene rings is 2. The molecule has 0 radical (unpaired) electrons. The van der Waals surface area contributed by atoms with Gasteiger partial charge in [0.25, 0.3) is 0 Å². The van der Waals surface area contributed by atoms with Crippen molar-refractivity contribution in [1.29, 1.82) is 0 Å². The molecule has 3 rings (SSSR count). The van der Waals surface area contributed by atoms with Gasteiger partial charge in [0, 0.05) is 10.8 Å². The normalized spacial score (nSPS) is 10.8. The van der Waals surface area contributed by atoms with Crippen molar-refractivity contribution in [2.24, 2.45) is 5.73 Å². The van der Waals surface area contributed by atoms with Crippen molar-refractivity contribution in [3.8, 4) is 0 Å². The largest absolute Gasteiger partial charge is 0.494 e. The minimum Gasteiger partial charge on any atom is -0.250 e. The van der Waals surface area contributed by atoms with Crippen LogP contribution >= 0.6 is 0 Å². The summed E-state index contributed by atoms with van der Waals surface area (Å²) in [5, 5.41) is 2.01. The first-order valence-electron chi connectivity index (χ1n) is 5.40. The number of nitrogens with two attached hydrogens (primary N) is 1. The molecule has 0 aliphatic rings. The zero-order valence-corrected chi connectivity index (χ0v) is 9.13. The number of para-hydroxylation sites is 2. The van der Waals surface area contributed by atoms with Gasteiger partial charge in [0.1, 0.15) is 11.0 Å². The standard InChI is InChI=1S/C14H10N2O/c15-14(17)16-12-7-3-1-5-10(12)9-11-6-2-4-8-13(11)16/h1-9H,(H-,15,17)/p+1. The monoisotopic (exact) mass is 223 g/mol. The van der Waals surface area contributed by atoms with Crippen molar-refractivity contribution >= 4 is 27.8 Å². The summed E-state index contributed by atoms with van der Waals surface area (Å²) in [6.45, 7) is 0. The molecule has 82 valence electrons. The van der Waals surface area contributed by atoms with E-state index in [4.69, 9.17) is 5.73 Å².